The first-order chi connectivity index (χ1) is 11.7. The summed E-state index contributed by atoms with van der Waals surface area (Å²) in [7, 11) is 0. The molecule has 0 spiro atoms. The van der Waals surface area contributed by atoms with Crippen LogP contribution in [0.1, 0.15) is 60.9 Å². The second-order valence-corrected chi connectivity index (χ2v) is 7.05. The van der Waals surface area contributed by atoms with Gasteiger partial charge in [0.15, 0.2) is 0 Å². The number of hydrogen-bond acceptors (Lipinski definition) is 4. The fourth-order valence-corrected chi connectivity index (χ4v) is 3.22. The molecule has 2 aliphatic rings. The lowest BCUT2D eigenvalue weighted by Gasteiger charge is -2.21. The zero-order valence-corrected chi connectivity index (χ0v) is 16.0. The second kappa shape index (κ2) is 7.44. The van der Waals surface area contributed by atoms with Crippen LogP contribution in [0.3, 0.4) is 0 Å². The molecule has 0 N–H and O–H groups in total. The maximum Gasteiger partial charge on any atom is 0.340 e. The van der Waals surface area contributed by atoms with E-state index in [-0.39, 0.29) is 34.8 Å². The molecule has 0 saturated carbocycles. The second-order valence-electron chi connectivity index (χ2n) is 6.68. The Morgan fingerprint density at radius 3 is 2.00 bits per heavy atom. The van der Waals surface area contributed by atoms with Crippen LogP contribution < -0.4 is 0 Å². The molecule has 0 saturated heterocycles. The van der Waals surface area contributed by atoms with Gasteiger partial charge in [-0.25, -0.2) is 9.59 Å². The minimum atomic E-state index is -0.542. The topological polar surface area (TPSA) is 52.6 Å². The molecule has 2 aliphatic carbocycles. The van der Waals surface area contributed by atoms with Gasteiger partial charge in [-0.05, 0) is 30.4 Å². The molecule has 5 heteroatoms. The Bertz CT molecular complexity index is 774. The van der Waals surface area contributed by atoms with Crippen LogP contribution in [0, 0.1) is 0 Å². The Morgan fingerprint density at radius 2 is 1.48 bits per heavy atom. The number of halogens is 1. The highest BCUT2D eigenvalue weighted by Gasteiger charge is 2.35. The third kappa shape index (κ3) is 3.64. The zero-order valence-electron chi connectivity index (χ0n) is 15.2. The van der Waals surface area contributed by atoms with Crippen molar-refractivity contribution in [1.29, 1.82) is 0 Å². The molecular formula is C20H23ClO4. The quantitative estimate of drug-likeness (QED) is 0.710. The fourth-order valence-electron chi connectivity index (χ4n) is 2.87. The van der Waals surface area contributed by atoms with Crippen molar-refractivity contribution in [2.75, 3.05) is 13.2 Å². The Hall–Kier alpha value is -2.07. The van der Waals surface area contributed by atoms with Crippen LogP contribution in [0.2, 0.25) is 5.02 Å². The number of hydrogen-bond donors (Lipinski definition) is 0. The van der Waals surface area contributed by atoms with Crippen molar-refractivity contribution in [2.24, 2.45) is 0 Å². The van der Waals surface area contributed by atoms with Gasteiger partial charge in [-0.15, -0.1) is 0 Å². The highest BCUT2D eigenvalue weighted by atomic mass is 35.5. The van der Waals surface area contributed by atoms with E-state index in [1.807, 2.05) is 39.0 Å². The normalized spacial score (nSPS) is 11.4. The summed E-state index contributed by atoms with van der Waals surface area (Å²) in [5.74, 6) is -1.08. The van der Waals surface area contributed by atoms with Gasteiger partial charge in [0.2, 0.25) is 0 Å². The monoisotopic (exact) mass is 362 g/mol. The number of ether oxygens (including phenoxy) is 2. The van der Waals surface area contributed by atoms with Crippen LogP contribution in [0.4, 0.5) is 0 Å². The van der Waals surface area contributed by atoms with Gasteiger partial charge in [0, 0.05) is 5.56 Å². The van der Waals surface area contributed by atoms with E-state index in [1.165, 1.54) is 0 Å². The number of carbonyl (C=O) groups is 2. The van der Waals surface area contributed by atoms with Crippen molar-refractivity contribution in [1.82, 2.24) is 0 Å². The highest BCUT2D eigenvalue weighted by molar-refractivity contribution is 6.39. The van der Waals surface area contributed by atoms with Crippen LogP contribution in [0.5, 0.6) is 0 Å². The van der Waals surface area contributed by atoms with E-state index in [0.717, 1.165) is 5.56 Å². The lowest BCUT2D eigenvalue weighted by molar-refractivity contribution is 0.0525. The van der Waals surface area contributed by atoms with E-state index >= 15 is 0 Å². The first-order valence-corrected chi connectivity index (χ1v) is 8.70. The molecule has 0 heterocycles. The van der Waals surface area contributed by atoms with Gasteiger partial charge in [-0.3, -0.25) is 0 Å². The maximum absolute atomic E-state index is 12.6. The number of rotatable bonds is 4. The molecule has 25 heavy (non-hydrogen) atoms. The fraction of sp³-hybridized carbons (Fsp3) is 0.400. The SMILES string of the molecule is CCOC(=O)c1c2ccccc(C(C)(C)C)c-2c(C(=O)OCC)c1Cl. The third-order valence-electron chi connectivity index (χ3n) is 3.90. The standard InChI is InChI=1S/C20H23ClO4/c1-6-24-18(22)15-12-10-8-9-11-13(20(3,4)5)14(12)16(17(15)21)19(23)25-7-2/h8-11H,6-7H2,1-5H3. The average molecular weight is 363 g/mol. The molecule has 2 rings (SSSR count). The molecule has 0 aromatic heterocycles. The summed E-state index contributed by atoms with van der Waals surface area (Å²) >= 11 is 6.48. The van der Waals surface area contributed by atoms with Gasteiger partial charge >= 0.3 is 11.9 Å². The van der Waals surface area contributed by atoms with Gasteiger partial charge in [-0.2, -0.15) is 0 Å². The van der Waals surface area contributed by atoms with Gasteiger partial charge in [0.05, 0.1) is 29.4 Å². The number of fused-ring (bicyclic) bond motifs is 1. The summed E-state index contributed by atoms with van der Waals surface area (Å²) in [6.07, 6.45) is 0. The summed E-state index contributed by atoms with van der Waals surface area (Å²) in [5, 5.41) is 0.0867. The minimum absolute atomic E-state index is 0.0867. The van der Waals surface area contributed by atoms with Crippen molar-refractivity contribution in [3.8, 4) is 11.1 Å². The summed E-state index contributed by atoms with van der Waals surface area (Å²) in [5.41, 5.74) is 2.33. The smallest absolute Gasteiger partial charge is 0.340 e. The molecule has 0 aromatic rings. The van der Waals surface area contributed by atoms with E-state index < -0.39 is 11.9 Å². The predicted molar refractivity (Wildman–Crippen MR) is 98.7 cm³/mol. The van der Waals surface area contributed by atoms with Crippen molar-refractivity contribution in [3.05, 3.63) is 46.0 Å². The lowest BCUT2D eigenvalue weighted by Crippen LogP contribution is -2.14. The number of esters is 2. The molecule has 134 valence electrons. The third-order valence-corrected chi connectivity index (χ3v) is 4.28. The van der Waals surface area contributed by atoms with Crippen LogP contribution in [-0.2, 0) is 14.9 Å². The van der Waals surface area contributed by atoms with E-state index in [1.54, 1.807) is 19.9 Å². The van der Waals surface area contributed by atoms with E-state index in [2.05, 4.69) is 0 Å². The highest BCUT2D eigenvalue weighted by Crippen LogP contribution is 2.45. The molecule has 0 fully saturated rings. The molecule has 4 nitrogen and oxygen atoms in total. The van der Waals surface area contributed by atoms with Gasteiger partial charge in [0.1, 0.15) is 0 Å². The van der Waals surface area contributed by atoms with Gasteiger partial charge in [0.25, 0.3) is 0 Å². The molecule has 0 aromatic carbocycles. The van der Waals surface area contributed by atoms with Crippen molar-refractivity contribution < 1.29 is 19.1 Å². The predicted octanol–water partition coefficient (Wildman–Crippen LogP) is 5.10. The number of carbonyl (C=O) groups excluding carboxylic acids is 2. The Balaban J connectivity index is 2.90. The molecular weight excluding hydrogens is 340 g/mol. The van der Waals surface area contributed by atoms with Crippen molar-refractivity contribution >= 4 is 23.5 Å². The zero-order chi connectivity index (χ0) is 18.8. The summed E-state index contributed by atoms with van der Waals surface area (Å²) in [6.45, 7) is 10.0. The van der Waals surface area contributed by atoms with E-state index in [4.69, 9.17) is 21.1 Å². The van der Waals surface area contributed by atoms with Gasteiger partial charge in [-0.1, -0.05) is 56.6 Å². The van der Waals surface area contributed by atoms with E-state index in [0.29, 0.717) is 11.1 Å². The van der Waals surface area contributed by atoms with E-state index in [9.17, 15) is 9.59 Å². The largest absolute Gasteiger partial charge is 0.462 e. The van der Waals surface area contributed by atoms with Crippen molar-refractivity contribution in [3.63, 3.8) is 0 Å². The molecule has 0 amide bonds. The van der Waals surface area contributed by atoms with Crippen LogP contribution >= 0.6 is 11.6 Å². The molecule has 0 radical (unpaired) electrons. The molecule has 0 unspecified atom stereocenters. The first kappa shape index (κ1) is 19.3. The Kier molecular flexibility index (Phi) is 5.73. The average Bonchev–Trinajstić information content (AvgIpc) is 2.65. The molecule has 0 bridgehead atoms. The summed E-state index contributed by atoms with van der Waals surface area (Å²) in [6, 6.07) is 7.44. The molecule has 0 aliphatic heterocycles. The summed E-state index contributed by atoms with van der Waals surface area (Å²) in [4.78, 5) is 25.1. The van der Waals surface area contributed by atoms with Crippen molar-refractivity contribution in [2.45, 2.75) is 40.0 Å². The first-order valence-electron chi connectivity index (χ1n) is 8.32. The maximum atomic E-state index is 12.6. The minimum Gasteiger partial charge on any atom is -0.462 e. The van der Waals surface area contributed by atoms with Crippen LogP contribution in [0.15, 0.2) is 24.3 Å². The summed E-state index contributed by atoms with van der Waals surface area (Å²) < 4.78 is 10.3. The Morgan fingerprint density at radius 1 is 0.960 bits per heavy atom. The van der Waals surface area contributed by atoms with Gasteiger partial charge < -0.3 is 9.47 Å². The lowest BCUT2D eigenvalue weighted by atomic mass is 9.83. The van der Waals surface area contributed by atoms with Crippen LogP contribution in [-0.4, -0.2) is 25.2 Å². The molecule has 0 atom stereocenters. The Labute approximate surface area is 153 Å². The van der Waals surface area contributed by atoms with Crippen LogP contribution in [0.25, 0.3) is 11.1 Å².